The van der Waals surface area contributed by atoms with Crippen LogP contribution in [0.15, 0.2) is 30.5 Å². The summed E-state index contributed by atoms with van der Waals surface area (Å²) in [6.45, 7) is 1.96. The molecule has 0 aliphatic heterocycles. The third-order valence-corrected chi connectivity index (χ3v) is 2.06. The van der Waals surface area contributed by atoms with E-state index in [0.29, 0.717) is 0 Å². The van der Waals surface area contributed by atoms with Gasteiger partial charge in [0.2, 0.25) is 0 Å². The van der Waals surface area contributed by atoms with Crippen LogP contribution < -0.4 is 4.74 Å². The molecule has 1 heterocycles. The minimum atomic E-state index is 0.831. The van der Waals surface area contributed by atoms with E-state index in [1.54, 1.807) is 13.3 Å². The van der Waals surface area contributed by atoms with Crippen molar-refractivity contribution in [2.24, 2.45) is 0 Å². The Morgan fingerprint density at radius 1 is 1.43 bits per heavy atom. The molecule has 0 N–H and O–H groups in total. The van der Waals surface area contributed by atoms with Crippen molar-refractivity contribution >= 4 is 0 Å². The Bertz CT molecular complexity index is 434. The van der Waals surface area contributed by atoms with Crippen LogP contribution in [0.5, 0.6) is 5.75 Å². The second-order valence-corrected chi connectivity index (χ2v) is 2.99. The summed E-state index contributed by atoms with van der Waals surface area (Å²) in [5, 5.41) is 4.17. The van der Waals surface area contributed by atoms with Crippen LogP contribution >= 0.6 is 0 Å². The van der Waals surface area contributed by atoms with Crippen molar-refractivity contribution < 1.29 is 4.74 Å². The number of hydrogen-bond acceptors (Lipinski definition) is 2. The highest BCUT2D eigenvalue weighted by molar-refractivity contribution is 5.39. The first-order valence-electron chi connectivity index (χ1n) is 4.38. The van der Waals surface area contributed by atoms with Gasteiger partial charge in [-0.05, 0) is 19.1 Å². The molecule has 2 aromatic rings. The molecule has 71 valence electrons. The molecule has 3 nitrogen and oxygen atoms in total. The van der Waals surface area contributed by atoms with Gasteiger partial charge in [-0.15, -0.1) is 0 Å². The number of ether oxygens (including phenoxy) is 1. The van der Waals surface area contributed by atoms with Crippen LogP contribution in [0, 0.1) is 13.0 Å². The topological polar surface area (TPSA) is 27.1 Å². The van der Waals surface area contributed by atoms with Gasteiger partial charge in [0.15, 0.2) is 0 Å². The van der Waals surface area contributed by atoms with E-state index in [0.717, 1.165) is 17.1 Å². The van der Waals surface area contributed by atoms with E-state index in [1.165, 1.54) is 0 Å². The summed E-state index contributed by atoms with van der Waals surface area (Å²) >= 11 is 0. The van der Waals surface area contributed by atoms with Crippen LogP contribution in [-0.2, 0) is 0 Å². The molecule has 0 fully saturated rings. The summed E-state index contributed by atoms with van der Waals surface area (Å²) in [6.07, 6.45) is 1.66. The molecular formula is C11H11N2O. The average molecular weight is 187 g/mol. The molecular weight excluding hydrogens is 176 g/mol. The van der Waals surface area contributed by atoms with Crippen molar-refractivity contribution in [2.45, 2.75) is 6.92 Å². The highest BCUT2D eigenvalue weighted by Gasteiger charge is 2.01. The summed E-state index contributed by atoms with van der Waals surface area (Å²) in [6, 6.07) is 10.8. The van der Waals surface area contributed by atoms with Gasteiger partial charge in [-0.25, -0.2) is 4.68 Å². The summed E-state index contributed by atoms with van der Waals surface area (Å²) in [4.78, 5) is 0. The Morgan fingerprint density at radius 3 is 2.93 bits per heavy atom. The first-order valence-corrected chi connectivity index (χ1v) is 4.38. The van der Waals surface area contributed by atoms with Gasteiger partial charge in [-0.1, -0.05) is 6.07 Å². The lowest BCUT2D eigenvalue weighted by molar-refractivity contribution is 0.414. The first kappa shape index (κ1) is 8.81. The van der Waals surface area contributed by atoms with Crippen molar-refractivity contribution in [3.8, 4) is 11.4 Å². The van der Waals surface area contributed by atoms with Crippen LogP contribution in [0.1, 0.15) is 5.69 Å². The third kappa shape index (κ3) is 1.48. The minimum Gasteiger partial charge on any atom is -0.497 e. The summed E-state index contributed by atoms with van der Waals surface area (Å²) in [7, 11) is 1.65. The van der Waals surface area contributed by atoms with Crippen LogP contribution in [0.2, 0.25) is 0 Å². The largest absolute Gasteiger partial charge is 0.497 e. The maximum atomic E-state index is 5.14. The molecule has 0 saturated carbocycles. The Labute approximate surface area is 82.9 Å². The van der Waals surface area contributed by atoms with Crippen molar-refractivity contribution in [3.63, 3.8) is 0 Å². The maximum absolute atomic E-state index is 5.14. The maximum Gasteiger partial charge on any atom is 0.121 e. The lowest BCUT2D eigenvalue weighted by Crippen LogP contribution is -1.98. The fourth-order valence-corrected chi connectivity index (χ4v) is 1.33. The van der Waals surface area contributed by atoms with Gasteiger partial charge in [0.1, 0.15) is 5.75 Å². The van der Waals surface area contributed by atoms with Crippen molar-refractivity contribution in [1.82, 2.24) is 9.78 Å². The Balaban J connectivity index is 2.47. The smallest absolute Gasteiger partial charge is 0.121 e. The molecule has 1 aromatic carbocycles. The zero-order chi connectivity index (χ0) is 9.97. The Morgan fingerprint density at radius 2 is 2.29 bits per heavy atom. The molecule has 1 radical (unpaired) electrons. The fourth-order valence-electron chi connectivity index (χ4n) is 1.33. The van der Waals surface area contributed by atoms with Gasteiger partial charge in [-0.2, -0.15) is 5.10 Å². The van der Waals surface area contributed by atoms with Gasteiger partial charge in [0.25, 0.3) is 0 Å². The predicted molar refractivity (Wildman–Crippen MR) is 53.7 cm³/mol. The standard InChI is InChI=1S/C11H11N2O/c1-9-6-7-12-13(9)10-4-3-5-11(8-10)14-2/h3-5,7-8H,1-2H3. The normalized spacial score (nSPS) is 10.1. The van der Waals surface area contributed by atoms with E-state index >= 15 is 0 Å². The Kier molecular flexibility index (Phi) is 2.23. The van der Waals surface area contributed by atoms with E-state index in [1.807, 2.05) is 35.9 Å². The number of aromatic nitrogens is 2. The van der Waals surface area contributed by atoms with Crippen LogP contribution in [0.3, 0.4) is 0 Å². The van der Waals surface area contributed by atoms with Crippen LogP contribution in [0.25, 0.3) is 5.69 Å². The number of nitrogens with zero attached hydrogens (tertiary/aromatic N) is 2. The Hall–Kier alpha value is -1.77. The number of rotatable bonds is 2. The second kappa shape index (κ2) is 3.54. The van der Waals surface area contributed by atoms with Gasteiger partial charge in [0.05, 0.1) is 19.0 Å². The number of aryl methyl sites for hydroxylation is 1. The fraction of sp³-hybridized carbons (Fsp3) is 0.182. The highest BCUT2D eigenvalue weighted by Crippen LogP contribution is 2.16. The third-order valence-electron chi connectivity index (χ3n) is 2.06. The lowest BCUT2D eigenvalue weighted by Gasteiger charge is -2.05. The molecule has 0 amide bonds. The quantitative estimate of drug-likeness (QED) is 0.718. The van der Waals surface area contributed by atoms with Gasteiger partial charge < -0.3 is 4.74 Å². The van der Waals surface area contributed by atoms with Crippen LogP contribution in [-0.4, -0.2) is 16.9 Å². The first-order chi connectivity index (χ1) is 6.81. The molecule has 1 aromatic heterocycles. The zero-order valence-electron chi connectivity index (χ0n) is 8.19. The molecule has 0 aliphatic rings. The summed E-state index contributed by atoms with van der Waals surface area (Å²) < 4.78 is 6.96. The molecule has 0 unspecified atom stereocenters. The molecule has 3 heteroatoms. The van der Waals surface area contributed by atoms with E-state index in [-0.39, 0.29) is 0 Å². The molecule has 14 heavy (non-hydrogen) atoms. The van der Waals surface area contributed by atoms with Crippen molar-refractivity contribution in [3.05, 3.63) is 42.2 Å². The monoisotopic (exact) mass is 187 g/mol. The second-order valence-electron chi connectivity index (χ2n) is 2.99. The summed E-state index contributed by atoms with van der Waals surface area (Å²) in [5.74, 6) is 0.831. The molecule has 0 bridgehead atoms. The summed E-state index contributed by atoms with van der Waals surface area (Å²) in [5.41, 5.74) is 1.97. The van der Waals surface area contributed by atoms with E-state index in [2.05, 4.69) is 11.2 Å². The lowest BCUT2D eigenvalue weighted by atomic mass is 10.3. The van der Waals surface area contributed by atoms with Gasteiger partial charge >= 0.3 is 0 Å². The van der Waals surface area contributed by atoms with Crippen molar-refractivity contribution in [2.75, 3.05) is 7.11 Å². The number of benzene rings is 1. The molecule has 0 spiro atoms. The minimum absolute atomic E-state index is 0.831. The number of methoxy groups -OCH3 is 1. The van der Waals surface area contributed by atoms with E-state index in [4.69, 9.17) is 4.74 Å². The molecule has 0 aliphatic carbocycles. The van der Waals surface area contributed by atoms with Gasteiger partial charge in [-0.3, -0.25) is 0 Å². The van der Waals surface area contributed by atoms with Crippen LogP contribution in [0.4, 0.5) is 0 Å². The molecule has 2 rings (SSSR count). The zero-order valence-corrected chi connectivity index (χ0v) is 8.19. The highest BCUT2D eigenvalue weighted by atomic mass is 16.5. The van der Waals surface area contributed by atoms with E-state index in [9.17, 15) is 0 Å². The molecule has 0 saturated heterocycles. The SMILES string of the molecule is COc1cccc(-n2nc[c]c2C)c1. The van der Waals surface area contributed by atoms with Gasteiger partial charge in [0, 0.05) is 17.8 Å². The van der Waals surface area contributed by atoms with E-state index < -0.39 is 0 Å². The number of hydrogen-bond donors (Lipinski definition) is 0. The molecule has 0 atom stereocenters. The average Bonchev–Trinajstić information content (AvgIpc) is 2.65. The van der Waals surface area contributed by atoms with Crippen molar-refractivity contribution in [1.29, 1.82) is 0 Å². The predicted octanol–water partition coefficient (Wildman–Crippen LogP) is 1.99.